The minimum Gasteiger partial charge on any atom is -0.369 e. The number of benzene rings is 1. The summed E-state index contributed by atoms with van der Waals surface area (Å²) in [6, 6.07) is 9.67. The molecule has 142 valence electrons. The van der Waals surface area contributed by atoms with Crippen molar-refractivity contribution in [2.45, 2.75) is 32.4 Å². The molecule has 1 heterocycles. The van der Waals surface area contributed by atoms with Crippen LogP contribution in [0.1, 0.15) is 20.3 Å². The van der Waals surface area contributed by atoms with Crippen molar-refractivity contribution < 1.29 is 9.59 Å². The average Bonchev–Trinajstić information content (AvgIpc) is 3.01. The molecule has 0 spiro atoms. The lowest BCUT2D eigenvalue weighted by Crippen LogP contribution is -2.48. The number of nitrogens with zero attached hydrogens (tertiary/aromatic N) is 1. The van der Waals surface area contributed by atoms with Crippen LogP contribution in [0.5, 0.6) is 0 Å². The first-order chi connectivity index (χ1) is 11.0. The SMILES string of the molecule is CC(C)[C@H](N)C(=O)NCC(=O)NC1CCN(c2ccccc2)C1.Cl.Cl. The van der Waals surface area contributed by atoms with Crippen molar-refractivity contribution in [2.24, 2.45) is 11.7 Å². The number of anilines is 1. The number of nitrogens with two attached hydrogens (primary N) is 1. The van der Waals surface area contributed by atoms with E-state index in [2.05, 4.69) is 27.7 Å². The molecule has 4 N–H and O–H groups in total. The van der Waals surface area contributed by atoms with Gasteiger partial charge in [0.15, 0.2) is 0 Å². The van der Waals surface area contributed by atoms with Crippen LogP contribution in [0.15, 0.2) is 30.3 Å². The Kier molecular flexibility index (Phi) is 10.5. The molecular formula is C17H28Cl2N4O2. The summed E-state index contributed by atoms with van der Waals surface area (Å²) in [5, 5.41) is 5.56. The molecule has 1 aromatic rings. The van der Waals surface area contributed by atoms with Crippen LogP contribution in [-0.4, -0.2) is 43.5 Å². The molecular weight excluding hydrogens is 363 g/mol. The Morgan fingerprint density at radius 3 is 2.48 bits per heavy atom. The number of carbonyl (C=O) groups excluding carboxylic acids is 2. The summed E-state index contributed by atoms with van der Waals surface area (Å²) in [7, 11) is 0. The molecule has 0 radical (unpaired) electrons. The number of hydrogen-bond donors (Lipinski definition) is 3. The van der Waals surface area contributed by atoms with Crippen LogP contribution in [0.3, 0.4) is 0 Å². The van der Waals surface area contributed by atoms with E-state index < -0.39 is 6.04 Å². The number of amides is 2. The van der Waals surface area contributed by atoms with Gasteiger partial charge in [0.1, 0.15) is 0 Å². The van der Waals surface area contributed by atoms with Gasteiger partial charge in [-0.1, -0.05) is 32.0 Å². The van der Waals surface area contributed by atoms with E-state index in [1.807, 2.05) is 32.0 Å². The maximum Gasteiger partial charge on any atom is 0.239 e. The van der Waals surface area contributed by atoms with Crippen LogP contribution in [0.25, 0.3) is 0 Å². The number of halogens is 2. The summed E-state index contributed by atoms with van der Waals surface area (Å²) < 4.78 is 0. The van der Waals surface area contributed by atoms with Gasteiger partial charge in [-0.15, -0.1) is 24.8 Å². The highest BCUT2D eigenvalue weighted by atomic mass is 35.5. The predicted octanol–water partition coefficient (Wildman–Crippen LogP) is 1.32. The van der Waals surface area contributed by atoms with Crippen molar-refractivity contribution in [3.63, 3.8) is 0 Å². The fourth-order valence-electron chi connectivity index (χ4n) is 2.62. The van der Waals surface area contributed by atoms with Crippen LogP contribution in [-0.2, 0) is 9.59 Å². The highest BCUT2D eigenvalue weighted by molar-refractivity contribution is 5.87. The third kappa shape index (κ3) is 7.10. The summed E-state index contributed by atoms with van der Waals surface area (Å²) in [6.45, 7) is 5.43. The fraction of sp³-hybridized carbons (Fsp3) is 0.529. The van der Waals surface area contributed by atoms with Crippen molar-refractivity contribution in [3.05, 3.63) is 30.3 Å². The van der Waals surface area contributed by atoms with E-state index >= 15 is 0 Å². The largest absolute Gasteiger partial charge is 0.369 e. The second kappa shape index (κ2) is 11.2. The zero-order chi connectivity index (χ0) is 16.8. The van der Waals surface area contributed by atoms with Crippen molar-refractivity contribution in [2.75, 3.05) is 24.5 Å². The Balaban J connectivity index is 0.00000288. The molecule has 0 bridgehead atoms. The summed E-state index contributed by atoms with van der Waals surface area (Å²) in [6.07, 6.45) is 0.903. The zero-order valence-electron chi connectivity index (χ0n) is 14.6. The molecule has 0 aromatic heterocycles. The molecule has 1 fully saturated rings. The van der Waals surface area contributed by atoms with E-state index in [0.29, 0.717) is 0 Å². The van der Waals surface area contributed by atoms with Crippen LogP contribution >= 0.6 is 24.8 Å². The molecule has 6 nitrogen and oxygen atoms in total. The van der Waals surface area contributed by atoms with Gasteiger partial charge in [-0.25, -0.2) is 0 Å². The average molecular weight is 391 g/mol. The number of hydrogen-bond acceptors (Lipinski definition) is 4. The molecule has 1 saturated heterocycles. The summed E-state index contributed by atoms with van der Waals surface area (Å²) in [5.41, 5.74) is 6.91. The van der Waals surface area contributed by atoms with Gasteiger partial charge in [-0.3, -0.25) is 9.59 Å². The highest BCUT2D eigenvalue weighted by Gasteiger charge is 2.24. The van der Waals surface area contributed by atoms with Gasteiger partial charge in [0, 0.05) is 24.8 Å². The summed E-state index contributed by atoms with van der Waals surface area (Å²) in [5.74, 6) is -0.408. The monoisotopic (exact) mass is 390 g/mol. The smallest absolute Gasteiger partial charge is 0.239 e. The Labute approximate surface area is 161 Å². The molecule has 25 heavy (non-hydrogen) atoms. The first kappa shape index (κ1) is 23.5. The van der Waals surface area contributed by atoms with Gasteiger partial charge >= 0.3 is 0 Å². The van der Waals surface area contributed by atoms with E-state index in [1.54, 1.807) is 0 Å². The molecule has 1 aliphatic heterocycles. The minimum atomic E-state index is -0.581. The highest BCUT2D eigenvalue weighted by Crippen LogP contribution is 2.19. The van der Waals surface area contributed by atoms with E-state index in [-0.39, 0.29) is 55.1 Å². The molecule has 1 unspecified atom stereocenters. The van der Waals surface area contributed by atoms with Crippen LogP contribution in [0.2, 0.25) is 0 Å². The number of nitrogens with one attached hydrogen (secondary N) is 2. The van der Waals surface area contributed by atoms with Crippen LogP contribution < -0.4 is 21.3 Å². The van der Waals surface area contributed by atoms with Gasteiger partial charge in [-0.2, -0.15) is 0 Å². The molecule has 1 aliphatic rings. The third-order valence-electron chi connectivity index (χ3n) is 4.12. The van der Waals surface area contributed by atoms with Crippen molar-refractivity contribution in [1.82, 2.24) is 10.6 Å². The lowest BCUT2D eigenvalue weighted by molar-refractivity contribution is -0.127. The van der Waals surface area contributed by atoms with Gasteiger partial charge in [0.25, 0.3) is 0 Å². The maximum absolute atomic E-state index is 12.0. The second-order valence-corrected chi connectivity index (χ2v) is 6.32. The molecule has 1 aromatic carbocycles. The van der Waals surface area contributed by atoms with Gasteiger partial charge < -0.3 is 21.3 Å². The zero-order valence-corrected chi connectivity index (χ0v) is 16.2. The lowest BCUT2D eigenvalue weighted by Gasteiger charge is -2.19. The predicted molar refractivity (Wildman–Crippen MR) is 106 cm³/mol. The molecule has 2 amide bonds. The number of rotatable bonds is 6. The first-order valence-corrected chi connectivity index (χ1v) is 8.10. The van der Waals surface area contributed by atoms with Crippen molar-refractivity contribution in [3.8, 4) is 0 Å². The molecule has 0 saturated carbocycles. The first-order valence-electron chi connectivity index (χ1n) is 8.10. The normalized spacial score (nSPS) is 17.3. The summed E-state index contributed by atoms with van der Waals surface area (Å²) in [4.78, 5) is 25.9. The third-order valence-corrected chi connectivity index (χ3v) is 4.12. The quantitative estimate of drug-likeness (QED) is 0.683. The van der Waals surface area contributed by atoms with Crippen molar-refractivity contribution >= 4 is 42.3 Å². The topological polar surface area (TPSA) is 87.5 Å². The Morgan fingerprint density at radius 2 is 1.88 bits per heavy atom. The maximum atomic E-state index is 12.0. The summed E-state index contributed by atoms with van der Waals surface area (Å²) >= 11 is 0. The van der Waals surface area contributed by atoms with Crippen LogP contribution in [0.4, 0.5) is 5.69 Å². The number of carbonyl (C=O) groups is 2. The standard InChI is InChI=1S/C17H26N4O2.2ClH/c1-12(2)16(18)17(23)19-10-15(22)20-13-8-9-21(11-13)14-6-4-3-5-7-14;;/h3-7,12-13,16H,8-11,18H2,1-2H3,(H,19,23)(H,20,22);2*1H/t13?,16-;;/m0../s1. The number of para-hydroxylation sites is 1. The molecule has 0 aliphatic carbocycles. The Hall–Kier alpha value is -1.50. The van der Waals surface area contributed by atoms with Crippen LogP contribution in [0, 0.1) is 5.92 Å². The minimum absolute atomic E-state index is 0. The Morgan fingerprint density at radius 1 is 1.24 bits per heavy atom. The van der Waals surface area contributed by atoms with Gasteiger partial charge in [0.2, 0.25) is 11.8 Å². The van der Waals surface area contributed by atoms with Crippen molar-refractivity contribution in [1.29, 1.82) is 0 Å². The van der Waals surface area contributed by atoms with E-state index in [9.17, 15) is 9.59 Å². The van der Waals surface area contributed by atoms with E-state index in [1.165, 1.54) is 5.69 Å². The molecule has 8 heteroatoms. The molecule has 2 rings (SSSR count). The van der Waals surface area contributed by atoms with E-state index in [0.717, 1.165) is 19.5 Å². The Bertz CT molecular complexity index is 543. The lowest BCUT2D eigenvalue weighted by atomic mass is 10.1. The van der Waals surface area contributed by atoms with Gasteiger partial charge in [-0.05, 0) is 24.5 Å². The molecule has 2 atom stereocenters. The fourth-order valence-corrected chi connectivity index (χ4v) is 2.62. The van der Waals surface area contributed by atoms with E-state index in [4.69, 9.17) is 5.73 Å². The van der Waals surface area contributed by atoms with Gasteiger partial charge in [0.05, 0.1) is 12.6 Å². The second-order valence-electron chi connectivity index (χ2n) is 6.32.